The monoisotopic (exact) mass is 218 g/mol. The molecule has 0 aromatic carbocycles. The maximum Gasteiger partial charge on any atom is 0.256 e. The Labute approximate surface area is 84.1 Å². The summed E-state index contributed by atoms with van der Waals surface area (Å²) >= 11 is 0. The van der Waals surface area contributed by atoms with Crippen molar-refractivity contribution in [2.75, 3.05) is 7.11 Å². The van der Waals surface area contributed by atoms with E-state index in [1.54, 1.807) is 7.11 Å². The zero-order valence-electron chi connectivity index (χ0n) is 9.89. The highest BCUT2D eigenvalue weighted by Crippen LogP contribution is 2.14. The molecule has 2 nitrogen and oxygen atoms in total. The van der Waals surface area contributed by atoms with Crippen molar-refractivity contribution in [3.8, 4) is 0 Å². The molecule has 0 aliphatic heterocycles. The van der Waals surface area contributed by atoms with Crippen LogP contribution in [0.5, 0.6) is 0 Å². The fourth-order valence-electron chi connectivity index (χ4n) is 0.785. The summed E-state index contributed by atoms with van der Waals surface area (Å²) in [6.07, 6.45) is 0. The lowest BCUT2D eigenvalue weighted by Gasteiger charge is -2.22. The Hall–Kier alpha value is -0.226. The summed E-state index contributed by atoms with van der Waals surface area (Å²) in [7, 11) is -1.07. The summed E-state index contributed by atoms with van der Waals surface area (Å²) < 4.78 is 11.0. The van der Waals surface area contributed by atoms with Crippen molar-refractivity contribution >= 4 is 16.4 Å². The van der Waals surface area contributed by atoms with Crippen LogP contribution < -0.4 is 0 Å². The largest absolute Gasteiger partial charge is 0.520 e. The molecule has 0 aromatic rings. The lowest BCUT2D eigenvalue weighted by atomic mass is 11.0. The van der Waals surface area contributed by atoms with Crippen molar-refractivity contribution in [3.05, 3.63) is 11.6 Å². The average molecular weight is 218 g/mol. The van der Waals surface area contributed by atoms with E-state index in [2.05, 4.69) is 45.0 Å². The first-order chi connectivity index (χ1) is 5.64. The summed E-state index contributed by atoms with van der Waals surface area (Å²) in [4.78, 5) is 0. The zero-order valence-corrected chi connectivity index (χ0v) is 11.9. The number of rotatable bonds is 4. The molecule has 78 valence electrons. The molecule has 0 saturated carbocycles. The zero-order chi connectivity index (χ0) is 10.7. The molecule has 0 fully saturated rings. The summed E-state index contributed by atoms with van der Waals surface area (Å²) in [5.41, 5.74) is 2.16. The molecule has 13 heavy (non-hydrogen) atoms. The average Bonchev–Trinajstić information content (AvgIpc) is 1.79. The number of hydrogen-bond donors (Lipinski definition) is 0. The second-order valence-corrected chi connectivity index (χ2v) is 14.7. The van der Waals surface area contributed by atoms with Crippen molar-refractivity contribution in [3.63, 3.8) is 0 Å². The topological polar surface area (TPSA) is 18.5 Å². The standard InChI is InChI=1S/C9H22O2Si2/c1-10-9(8-12(2,3)4)11-13(5,6)7/h8H,1-7H3/b9-8-. The first-order valence-corrected chi connectivity index (χ1v) is 11.6. The lowest BCUT2D eigenvalue weighted by molar-refractivity contribution is 0.148. The molecule has 0 saturated heterocycles. The third-order valence-electron chi connectivity index (χ3n) is 1.16. The lowest BCUT2D eigenvalue weighted by Crippen LogP contribution is -2.27. The molecule has 0 amide bonds. The minimum absolute atomic E-state index is 0.721. The quantitative estimate of drug-likeness (QED) is 0.533. The molecule has 0 bridgehead atoms. The van der Waals surface area contributed by atoms with Gasteiger partial charge in [0.05, 0.1) is 15.2 Å². The van der Waals surface area contributed by atoms with Crippen LogP contribution in [0.3, 0.4) is 0 Å². The predicted octanol–water partition coefficient (Wildman–Crippen LogP) is 3.20. The molecule has 4 heteroatoms. The Morgan fingerprint density at radius 2 is 1.46 bits per heavy atom. The molecule has 0 unspecified atom stereocenters. The maximum atomic E-state index is 5.78. The molecule has 0 atom stereocenters. The Bertz CT molecular complexity index is 187. The van der Waals surface area contributed by atoms with E-state index in [-0.39, 0.29) is 0 Å². The summed E-state index contributed by atoms with van der Waals surface area (Å²) in [5.74, 6) is 0.721. The molecule has 0 aliphatic carbocycles. The van der Waals surface area contributed by atoms with Crippen LogP contribution in [-0.4, -0.2) is 23.5 Å². The van der Waals surface area contributed by atoms with Gasteiger partial charge >= 0.3 is 0 Å². The molecule has 0 heterocycles. The molecule has 0 aliphatic rings. The SMILES string of the molecule is CO/C(=C/[Si](C)(C)C)O[Si](C)(C)C. The molecule has 0 rings (SSSR count). The van der Waals surface area contributed by atoms with Crippen LogP contribution in [0.1, 0.15) is 0 Å². The van der Waals surface area contributed by atoms with Gasteiger partial charge in [-0.2, -0.15) is 0 Å². The fraction of sp³-hybridized carbons (Fsp3) is 0.778. The number of methoxy groups -OCH3 is 1. The third-order valence-corrected chi connectivity index (χ3v) is 3.07. The van der Waals surface area contributed by atoms with Gasteiger partial charge in [0.15, 0.2) is 0 Å². The van der Waals surface area contributed by atoms with E-state index in [4.69, 9.17) is 9.16 Å². The minimum Gasteiger partial charge on any atom is -0.520 e. The van der Waals surface area contributed by atoms with Crippen molar-refractivity contribution in [1.29, 1.82) is 0 Å². The normalized spacial score (nSPS) is 14.2. The van der Waals surface area contributed by atoms with Crippen LogP contribution in [-0.2, 0) is 9.16 Å². The van der Waals surface area contributed by atoms with Crippen molar-refractivity contribution < 1.29 is 9.16 Å². The second kappa shape index (κ2) is 4.33. The van der Waals surface area contributed by atoms with Crippen LogP contribution in [0.2, 0.25) is 39.3 Å². The van der Waals surface area contributed by atoms with Gasteiger partial charge in [0.2, 0.25) is 8.32 Å². The van der Waals surface area contributed by atoms with Gasteiger partial charge in [0.1, 0.15) is 0 Å². The first-order valence-electron chi connectivity index (χ1n) is 4.60. The van der Waals surface area contributed by atoms with Gasteiger partial charge < -0.3 is 9.16 Å². The Kier molecular flexibility index (Phi) is 4.25. The van der Waals surface area contributed by atoms with Gasteiger partial charge in [0, 0.05) is 0 Å². The van der Waals surface area contributed by atoms with Crippen LogP contribution in [0.4, 0.5) is 0 Å². The van der Waals surface area contributed by atoms with E-state index in [1.807, 2.05) is 0 Å². The van der Waals surface area contributed by atoms with Crippen molar-refractivity contribution in [2.45, 2.75) is 39.3 Å². The van der Waals surface area contributed by atoms with E-state index >= 15 is 0 Å². The smallest absolute Gasteiger partial charge is 0.256 e. The van der Waals surface area contributed by atoms with Crippen LogP contribution in [0.25, 0.3) is 0 Å². The highest BCUT2D eigenvalue weighted by molar-refractivity contribution is 6.81. The van der Waals surface area contributed by atoms with Gasteiger partial charge in [-0.1, -0.05) is 19.6 Å². The predicted molar refractivity (Wildman–Crippen MR) is 62.9 cm³/mol. The minimum atomic E-state index is -1.51. The van der Waals surface area contributed by atoms with E-state index < -0.39 is 16.4 Å². The second-order valence-electron chi connectivity index (χ2n) is 5.25. The molecule has 0 radical (unpaired) electrons. The van der Waals surface area contributed by atoms with E-state index in [1.165, 1.54) is 0 Å². The van der Waals surface area contributed by atoms with E-state index in [0.717, 1.165) is 5.95 Å². The molecule has 0 aromatic heterocycles. The molecular formula is C9H22O2Si2. The number of ether oxygens (including phenoxy) is 1. The molecule has 0 spiro atoms. The van der Waals surface area contributed by atoms with Gasteiger partial charge in [0.25, 0.3) is 5.95 Å². The molecular weight excluding hydrogens is 196 g/mol. The Morgan fingerprint density at radius 1 is 1.00 bits per heavy atom. The van der Waals surface area contributed by atoms with E-state index in [0.29, 0.717) is 0 Å². The van der Waals surface area contributed by atoms with Crippen LogP contribution in [0.15, 0.2) is 11.6 Å². The van der Waals surface area contributed by atoms with Crippen molar-refractivity contribution in [2.24, 2.45) is 0 Å². The highest BCUT2D eigenvalue weighted by Gasteiger charge is 2.20. The van der Waals surface area contributed by atoms with Gasteiger partial charge in [-0.25, -0.2) is 0 Å². The van der Waals surface area contributed by atoms with Gasteiger partial charge in [-0.3, -0.25) is 0 Å². The van der Waals surface area contributed by atoms with Crippen molar-refractivity contribution in [1.82, 2.24) is 0 Å². The summed E-state index contributed by atoms with van der Waals surface area (Å²) in [6, 6.07) is 0. The van der Waals surface area contributed by atoms with Gasteiger partial charge in [-0.05, 0) is 25.3 Å². The Balaban J connectivity index is 4.45. The first kappa shape index (κ1) is 12.8. The van der Waals surface area contributed by atoms with Crippen LogP contribution in [0, 0.1) is 0 Å². The summed E-state index contributed by atoms with van der Waals surface area (Å²) in [5, 5.41) is 0. The van der Waals surface area contributed by atoms with E-state index in [9.17, 15) is 0 Å². The Morgan fingerprint density at radius 3 is 1.69 bits per heavy atom. The fourth-order valence-corrected chi connectivity index (χ4v) is 2.53. The third kappa shape index (κ3) is 8.11. The van der Waals surface area contributed by atoms with Gasteiger partial charge in [-0.15, -0.1) is 0 Å². The molecule has 0 N–H and O–H groups in total. The maximum absolute atomic E-state index is 5.78. The highest BCUT2D eigenvalue weighted by atomic mass is 28.4. The summed E-state index contributed by atoms with van der Waals surface area (Å²) in [6.45, 7) is 13.3. The van der Waals surface area contributed by atoms with Crippen LogP contribution >= 0.6 is 0 Å². The number of hydrogen-bond acceptors (Lipinski definition) is 2.